The molecule has 51 heavy (non-hydrogen) atoms. The minimum atomic E-state index is 0.630. The van der Waals surface area contributed by atoms with Crippen molar-refractivity contribution < 1.29 is 0 Å². The Morgan fingerprint density at radius 2 is 0.902 bits per heavy atom. The number of hydrogen-bond donors (Lipinski definition) is 0. The number of benzene rings is 8. The standard InChI is InChI=1S/C47H30N4/c1-3-15-32(16-4-1)41-30-43-44(39-23-10-9-22-38(39)41)40-24-11-12-25-42(40)51(43)37-21-13-20-35(29-37)46-48-45(33-17-5-2-6-18-33)49-47(50-46)36-27-26-31-14-7-8-19-34(31)28-36/h1-30H. The van der Waals surface area contributed by atoms with Gasteiger partial charge in [-0.3, -0.25) is 0 Å². The average Bonchev–Trinajstić information content (AvgIpc) is 3.55. The molecule has 10 rings (SSSR count). The predicted octanol–water partition coefficient (Wildman–Crippen LogP) is 11.9. The molecule has 0 saturated heterocycles. The minimum Gasteiger partial charge on any atom is -0.309 e. The zero-order valence-electron chi connectivity index (χ0n) is 27.6. The summed E-state index contributed by atoms with van der Waals surface area (Å²) in [7, 11) is 0. The molecule has 2 aromatic heterocycles. The van der Waals surface area contributed by atoms with Crippen molar-refractivity contribution in [2.24, 2.45) is 0 Å². The van der Waals surface area contributed by atoms with Crippen molar-refractivity contribution in [3.05, 3.63) is 182 Å². The summed E-state index contributed by atoms with van der Waals surface area (Å²) in [4.78, 5) is 15.2. The van der Waals surface area contributed by atoms with Gasteiger partial charge >= 0.3 is 0 Å². The molecular weight excluding hydrogens is 621 g/mol. The van der Waals surface area contributed by atoms with Gasteiger partial charge in [0.2, 0.25) is 0 Å². The third-order valence-corrected chi connectivity index (χ3v) is 9.80. The van der Waals surface area contributed by atoms with E-state index < -0.39 is 0 Å². The molecule has 4 heteroatoms. The molecular formula is C47H30N4. The fourth-order valence-corrected chi connectivity index (χ4v) is 7.43. The molecule has 0 radical (unpaired) electrons. The predicted molar refractivity (Wildman–Crippen MR) is 211 cm³/mol. The summed E-state index contributed by atoms with van der Waals surface area (Å²) in [6, 6.07) is 64.0. The molecule has 0 aliphatic rings. The van der Waals surface area contributed by atoms with E-state index >= 15 is 0 Å². The van der Waals surface area contributed by atoms with E-state index in [9.17, 15) is 0 Å². The first-order valence-corrected chi connectivity index (χ1v) is 17.2. The molecule has 4 nitrogen and oxygen atoms in total. The molecule has 8 aromatic carbocycles. The Morgan fingerprint density at radius 3 is 1.67 bits per heavy atom. The molecule has 10 aromatic rings. The van der Waals surface area contributed by atoms with E-state index in [1.165, 1.54) is 38.1 Å². The summed E-state index contributed by atoms with van der Waals surface area (Å²) in [5, 5.41) is 7.28. The van der Waals surface area contributed by atoms with Crippen molar-refractivity contribution in [1.29, 1.82) is 0 Å². The maximum Gasteiger partial charge on any atom is 0.164 e. The highest BCUT2D eigenvalue weighted by Crippen LogP contribution is 2.41. The molecule has 0 amide bonds. The van der Waals surface area contributed by atoms with Crippen molar-refractivity contribution in [1.82, 2.24) is 19.5 Å². The molecule has 238 valence electrons. The first kappa shape index (κ1) is 29.0. The van der Waals surface area contributed by atoms with Crippen LogP contribution in [0.1, 0.15) is 0 Å². The fraction of sp³-hybridized carbons (Fsp3) is 0. The largest absolute Gasteiger partial charge is 0.309 e. The van der Waals surface area contributed by atoms with E-state index in [1.54, 1.807) is 0 Å². The lowest BCUT2D eigenvalue weighted by Crippen LogP contribution is -2.01. The van der Waals surface area contributed by atoms with Gasteiger partial charge in [0.15, 0.2) is 17.5 Å². The smallest absolute Gasteiger partial charge is 0.164 e. The lowest BCUT2D eigenvalue weighted by atomic mass is 9.95. The molecule has 0 atom stereocenters. The number of hydrogen-bond acceptors (Lipinski definition) is 3. The van der Waals surface area contributed by atoms with Crippen LogP contribution in [0.25, 0.3) is 94.3 Å². The third kappa shape index (κ3) is 4.96. The second-order valence-corrected chi connectivity index (χ2v) is 12.9. The monoisotopic (exact) mass is 650 g/mol. The Labute approximate surface area is 295 Å². The summed E-state index contributed by atoms with van der Waals surface area (Å²) in [6.45, 7) is 0. The third-order valence-electron chi connectivity index (χ3n) is 9.80. The quantitative estimate of drug-likeness (QED) is 0.186. The molecule has 0 unspecified atom stereocenters. The summed E-state index contributed by atoms with van der Waals surface area (Å²) >= 11 is 0. The molecule has 0 spiro atoms. The van der Waals surface area contributed by atoms with Gasteiger partial charge in [0.05, 0.1) is 11.0 Å². The lowest BCUT2D eigenvalue weighted by Gasteiger charge is -2.13. The van der Waals surface area contributed by atoms with Crippen molar-refractivity contribution in [2.45, 2.75) is 0 Å². The average molecular weight is 651 g/mol. The molecule has 0 N–H and O–H groups in total. The maximum absolute atomic E-state index is 5.12. The van der Waals surface area contributed by atoms with Crippen molar-refractivity contribution in [3.8, 4) is 51.0 Å². The Balaban J connectivity index is 1.20. The number of nitrogens with zero attached hydrogens (tertiary/aromatic N) is 4. The Hall–Kier alpha value is -6.91. The second kappa shape index (κ2) is 11.9. The van der Waals surface area contributed by atoms with E-state index in [0.29, 0.717) is 17.5 Å². The SMILES string of the molecule is c1ccc(-c2nc(-c3cccc(-n4c5ccccc5c5c6ccccc6c(-c6ccccc6)cc54)c3)nc(-c3ccc4ccccc4c3)n2)cc1. The zero-order valence-corrected chi connectivity index (χ0v) is 27.6. The van der Waals surface area contributed by atoms with Crippen LogP contribution in [-0.2, 0) is 0 Å². The van der Waals surface area contributed by atoms with Crippen LogP contribution in [-0.4, -0.2) is 19.5 Å². The zero-order chi connectivity index (χ0) is 33.7. The second-order valence-electron chi connectivity index (χ2n) is 12.9. The van der Waals surface area contributed by atoms with Gasteiger partial charge in [0.25, 0.3) is 0 Å². The van der Waals surface area contributed by atoms with E-state index in [0.717, 1.165) is 38.8 Å². The topological polar surface area (TPSA) is 43.6 Å². The van der Waals surface area contributed by atoms with E-state index in [-0.39, 0.29) is 0 Å². The van der Waals surface area contributed by atoms with Crippen LogP contribution < -0.4 is 0 Å². The van der Waals surface area contributed by atoms with Gasteiger partial charge in [-0.1, -0.05) is 152 Å². The lowest BCUT2D eigenvalue weighted by molar-refractivity contribution is 1.07. The van der Waals surface area contributed by atoms with Crippen molar-refractivity contribution >= 4 is 43.4 Å². The molecule has 0 bridgehead atoms. The van der Waals surface area contributed by atoms with Crippen LogP contribution in [0, 0.1) is 0 Å². The van der Waals surface area contributed by atoms with Crippen LogP contribution >= 0.6 is 0 Å². The van der Waals surface area contributed by atoms with Crippen molar-refractivity contribution in [2.75, 3.05) is 0 Å². The van der Waals surface area contributed by atoms with E-state index in [1.807, 2.05) is 30.3 Å². The molecule has 0 saturated carbocycles. The highest BCUT2D eigenvalue weighted by Gasteiger charge is 2.19. The molecule has 0 aliphatic carbocycles. The molecule has 0 fully saturated rings. The van der Waals surface area contributed by atoms with Crippen LogP contribution in [0.4, 0.5) is 0 Å². The normalized spacial score (nSPS) is 11.5. The van der Waals surface area contributed by atoms with Crippen LogP contribution in [0.5, 0.6) is 0 Å². The van der Waals surface area contributed by atoms with Gasteiger partial charge in [-0.15, -0.1) is 0 Å². The van der Waals surface area contributed by atoms with Gasteiger partial charge < -0.3 is 4.57 Å². The van der Waals surface area contributed by atoms with Gasteiger partial charge in [-0.05, 0) is 63.0 Å². The summed E-state index contributed by atoms with van der Waals surface area (Å²) in [6.07, 6.45) is 0. The van der Waals surface area contributed by atoms with Crippen molar-refractivity contribution in [3.63, 3.8) is 0 Å². The summed E-state index contributed by atoms with van der Waals surface area (Å²) in [5.74, 6) is 1.92. The first-order chi connectivity index (χ1) is 25.3. The van der Waals surface area contributed by atoms with Crippen LogP contribution in [0.2, 0.25) is 0 Å². The van der Waals surface area contributed by atoms with Gasteiger partial charge in [-0.2, -0.15) is 0 Å². The summed E-state index contributed by atoms with van der Waals surface area (Å²) < 4.78 is 2.39. The highest BCUT2D eigenvalue weighted by molar-refractivity contribution is 6.24. The Morgan fingerprint density at radius 1 is 0.333 bits per heavy atom. The summed E-state index contributed by atoms with van der Waals surface area (Å²) in [5.41, 5.74) is 8.58. The number of para-hydroxylation sites is 1. The Bertz CT molecular complexity index is 2910. The highest BCUT2D eigenvalue weighted by atomic mass is 15.0. The van der Waals surface area contributed by atoms with Gasteiger partial charge in [0.1, 0.15) is 0 Å². The fourth-order valence-electron chi connectivity index (χ4n) is 7.43. The maximum atomic E-state index is 5.12. The molecule has 2 heterocycles. The first-order valence-electron chi connectivity index (χ1n) is 17.2. The number of aromatic nitrogens is 4. The van der Waals surface area contributed by atoms with Crippen LogP contribution in [0.3, 0.4) is 0 Å². The van der Waals surface area contributed by atoms with Crippen LogP contribution in [0.15, 0.2) is 182 Å². The molecule has 0 aliphatic heterocycles. The Kier molecular flexibility index (Phi) is 6.78. The number of fused-ring (bicyclic) bond motifs is 6. The van der Waals surface area contributed by atoms with Gasteiger partial charge in [0, 0.05) is 33.2 Å². The number of rotatable bonds is 5. The van der Waals surface area contributed by atoms with E-state index in [2.05, 4.69) is 156 Å². The van der Waals surface area contributed by atoms with E-state index in [4.69, 9.17) is 15.0 Å². The van der Waals surface area contributed by atoms with Gasteiger partial charge in [-0.25, -0.2) is 15.0 Å². The minimum absolute atomic E-state index is 0.630.